The minimum Gasteiger partial charge on any atom is -0.420 e. The van der Waals surface area contributed by atoms with Gasteiger partial charge >= 0.3 is 8.56 Å². The van der Waals surface area contributed by atoms with E-state index < -0.39 is 36.4 Å². The van der Waals surface area contributed by atoms with Gasteiger partial charge in [0, 0.05) is 6.61 Å². The van der Waals surface area contributed by atoms with Gasteiger partial charge in [-0.2, -0.15) is 0 Å². The first kappa shape index (κ1) is 17.0. The van der Waals surface area contributed by atoms with Crippen molar-refractivity contribution in [1.29, 1.82) is 0 Å². The van der Waals surface area contributed by atoms with Crippen molar-refractivity contribution in [2.45, 2.75) is 44.8 Å². The molecule has 10 heteroatoms. The van der Waals surface area contributed by atoms with Crippen LogP contribution in [0.15, 0.2) is 0 Å². The van der Waals surface area contributed by atoms with Gasteiger partial charge in [-0.15, -0.1) is 0 Å². The van der Waals surface area contributed by atoms with E-state index in [0.29, 0.717) is 13.2 Å². The standard InChI is InChI=1S/C10H26O6Si4/c1-6-7-11-8-10(9-12-10)20(5)15-18(3)13-17(2)14-19(4)16-20/h17-19H,6-9H2,1-5H3. The number of hydrogen-bond donors (Lipinski definition) is 0. The molecule has 0 N–H and O–H groups in total. The van der Waals surface area contributed by atoms with E-state index in [1.165, 1.54) is 0 Å². The Morgan fingerprint density at radius 1 is 1.10 bits per heavy atom. The summed E-state index contributed by atoms with van der Waals surface area (Å²) < 4.78 is 35.9. The molecule has 3 atom stereocenters. The Kier molecular flexibility index (Phi) is 5.78. The zero-order valence-electron chi connectivity index (χ0n) is 13.0. The van der Waals surface area contributed by atoms with Crippen LogP contribution in [-0.4, -0.2) is 61.5 Å². The lowest BCUT2D eigenvalue weighted by atomic mass is 10.5. The molecule has 2 aliphatic heterocycles. The van der Waals surface area contributed by atoms with Gasteiger partial charge < -0.3 is 25.9 Å². The Hall–Kier alpha value is 0.628. The highest BCUT2D eigenvalue weighted by atomic mass is 28.5. The summed E-state index contributed by atoms with van der Waals surface area (Å²) in [6.07, 6.45) is 1.00. The molecule has 3 unspecified atom stereocenters. The lowest BCUT2D eigenvalue weighted by Crippen LogP contribution is -2.63. The molecule has 0 aromatic rings. The first-order chi connectivity index (χ1) is 9.41. The second kappa shape index (κ2) is 6.81. The number of epoxide rings is 1. The molecule has 6 nitrogen and oxygen atoms in total. The SMILES string of the molecule is CCCOCC1([Si]2(C)O[SiH](C)O[SiH](C)O[SiH](C)O2)CO1. The molecule has 2 saturated heterocycles. The third kappa shape index (κ3) is 3.88. The molecule has 2 rings (SSSR count). The Balaban J connectivity index is 2.05. The minimum absolute atomic E-state index is 0.362. The predicted molar refractivity (Wildman–Crippen MR) is 84.8 cm³/mol. The van der Waals surface area contributed by atoms with Crippen molar-refractivity contribution in [1.82, 2.24) is 0 Å². The largest absolute Gasteiger partial charge is 0.420 e. The average molecular weight is 355 g/mol. The molecule has 2 fully saturated rings. The van der Waals surface area contributed by atoms with Crippen LogP contribution in [0, 0.1) is 0 Å². The molecule has 0 aliphatic carbocycles. The third-order valence-electron chi connectivity index (χ3n) is 3.55. The van der Waals surface area contributed by atoms with Crippen molar-refractivity contribution in [2.75, 3.05) is 19.8 Å². The number of rotatable bonds is 5. The first-order valence-corrected chi connectivity index (χ1v) is 15.9. The van der Waals surface area contributed by atoms with Gasteiger partial charge in [-0.3, -0.25) is 0 Å². The fraction of sp³-hybridized carbons (Fsp3) is 1.00. The summed E-state index contributed by atoms with van der Waals surface area (Å²) in [5.74, 6) is 0. The van der Waals surface area contributed by atoms with Crippen LogP contribution in [0.5, 0.6) is 0 Å². The molecule has 0 bridgehead atoms. The zero-order valence-corrected chi connectivity index (χ0v) is 17.5. The maximum atomic E-state index is 6.30. The molecule has 20 heavy (non-hydrogen) atoms. The predicted octanol–water partition coefficient (Wildman–Crippen LogP) is 0.424. The molecule has 0 saturated carbocycles. The molecule has 2 aliphatic rings. The first-order valence-electron chi connectivity index (χ1n) is 7.29. The summed E-state index contributed by atoms with van der Waals surface area (Å²) in [5.41, 5.74) is 0. The van der Waals surface area contributed by atoms with E-state index in [-0.39, 0.29) is 5.22 Å². The highest BCUT2D eigenvalue weighted by molar-refractivity contribution is 6.83. The van der Waals surface area contributed by atoms with E-state index in [1.54, 1.807) is 0 Å². The van der Waals surface area contributed by atoms with Crippen molar-refractivity contribution >= 4 is 36.4 Å². The van der Waals surface area contributed by atoms with E-state index in [9.17, 15) is 0 Å². The molecule has 2 heterocycles. The van der Waals surface area contributed by atoms with E-state index >= 15 is 0 Å². The molecule has 0 spiro atoms. The number of ether oxygens (including phenoxy) is 2. The van der Waals surface area contributed by atoms with Gasteiger partial charge in [0.25, 0.3) is 27.9 Å². The highest BCUT2D eigenvalue weighted by Crippen LogP contribution is 2.40. The molecular formula is C10H26O6Si4. The second-order valence-corrected chi connectivity index (χ2v) is 15.8. The van der Waals surface area contributed by atoms with Gasteiger partial charge in [0.1, 0.15) is 0 Å². The van der Waals surface area contributed by atoms with Gasteiger partial charge in [0.05, 0.1) is 13.2 Å². The monoisotopic (exact) mass is 354 g/mol. The quantitative estimate of drug-likeness (QED) is 0.405. The van der Waals surface area contributed by atoms with E-state index in [0.717, 1.165) is 13.0 Å². The fourth-order valence-corrected chi connectivity index (χ4v) is 17.5. The van der Waals surface area contributed by atoms with Crippen LogP contribution in [0.2, 0.25) is 26.2 Å². The van der Waals surface area contributed by atoms with Crippen molar-refractivity contribution in [3.05, 3.63) is 0 Å². The van der Waals surface area contributed by atoms with Crippen molar-refractivity contribution in [3.8, 4) is 0 Å². The van der Waals surface area contributed by atoms with Crippen molar-refractivity contribution < 1.29 is 25.9 Å². The minimum atomic E-state index is -2.49. The summed E-state index contributed by atoms with van der Waals surface area (Å²) >= 11 is 0. The van der Waals surface area contributed by atoms with Gasteiger partial charge in [0.2, 0.25) is 0 Å². The highest BCUT2D eigenvalue weighted by Gasteiger charge is 2.66. The van der Waals surface area contributed by atoms with Crippen molar-refractivity contribution in [3.63, 3.8) is 0 Å². The summed E-state index contributed by atoms with van der Waals surface area (Å²) in [4.78, 5) is 0. The topological polar surface area (TPSA) is 58.7 Å². The lowest BCUT2D eigenvalue weighted by molar-refractivity contribution is 0.0878. The molecule has 0 aromatic carbocycles. The molecule has 118 valence electrons. The van der Waals surface area contributed by atoms with E-state index in [2.05, 4.69) is 13.5 Å². The molecule has 0 radical (unpaired) electrons. The van der Waals surface area contributed by atoms with Crippen LogP contribution in [0.3, 0.4) is 0 Å². The molecule has 0 aromatic heterocycles. The summed E-state index contributed by atoms with van der Waals surface area (Å²) in [7, 11) is -7.51. The van der Waals surface area contributed by atoms with Gasteiger partial charge in [-0.1, -0.05) is 6.92 Å². The summed E-state index contributed by atoms with van der Waals surface area (Å²) in [6, 6.07) is 0. The summed E-state index contributed by atoms with van der Waals surface area (Å²) in [5, 5.41) is -0.362. The van der Waals surface area contributed by atoms with Crippen molar-refractivity contribution in [2.24, 2.45) is 0 Å². The van der Waals surface area contributed by atoms with Crippen LogP contribution in [-0.2, 0) is 25.9 Å². The maximum absolute atomic E-state index is 6.30. The van der Waals surface area contributed by atoms with Gasteiger partial charge in [-0.25, -0.2) is 0 Å². The van der Waals surface area contributed by atoms with Crippen LogP contribution < -0.4 is 0 Å². The summed E-state index contributed by atoms with van der Waals surface area (Å²) in [6.45, 7) is 12.3. The third-order valence-corrected chi connectivity index (χ3v) is 18.0. The smallest absolute Gasteiger partial charge is 0.355 e. The second-order valence-electron chi connectivity index (χ2n) is 5.49. The fourth-order valence-electron chi connectivity index (χ4n) is 2.45. The van der Waals surface area contributed by atoms with E-state index in [1.807, 2.05) is 19.6 Å². The molecule has 0 amide bonds. The van der Waals surface area contributed by atoms with Crippen LogP contribution in [0.25, 0.3) is 0 Å². The lowest BCUT2D eigenvalue weighted by Gasteiger charge is -2.39. The Morgan fingerprint density at radius 2 is 1.65 bits per heavy atom. The van der Waals surface area contributed by atoms with Crippen LogP contribution in [0.4, 0.5) is 0 Å². The van der Waals surface area contributed by atoms with Gasteiger partial charge in [0.15, 0.2) is 5.22 Å². The normalized spacial score (nSPS) is 45.8. The van der Waals surface area contributed by atoms with E-state index in [4.69, 9.17) is 25.9 Å². The number of hydrogen-bond acceptors (Lipinski definition) is 6. The average Bonchev–Trinajstić information content (AvgIpc) is 3.08. The Morgan fingerprint density at radius 3 is 2.10 bits per heavy atom. The van der Waals surface area contributed by atoms with Gasteiger partial charge in [-0.05, 0) is 32.6 Å². The Bertz CT molecular complexity index is 315. The molecular weight excluding hydrogens is 328 g/mol. The maximum Gasteiger partial charge on any atom is 0.355 e. The Labute approximate surface area is 127 Å². The van der Waals surface area contributed by atoms with Crippen LogP contribution in [0.1, 0.15) is 13.3 Å². The zero-order chi connectivity index (χ0) is 14.8. The van der Waals surface area contributed by atoms with Crippen LogP contribution >= 0.6 is 0 Å².